The number of hydrogen-bond donors (Lipinski definition) is 2. The van der Waals surface area contributed by atoms with E-state index in [9.17, 15) is 5.11 Å². The van der Waals surface area contributed by atoms with Gasteiger partial charge in [0.05, 0.1) is 19.3 Å². The summed E-state index contributed by atoms with van der Waals surface area (Å²) in [6, 6.07) is 0. The van der Waals surface area contributed by atoms with Crippen LogP contribution in [0.1, 0.15) is 6.42 Å². The Labute approximate surface area is 73.0 Å². The highest BCUT2D eigenvalue weighted by Gasteiger charge is 2.16. The van der Waals surface area contributed by atoms with Crippen LogP contribution in [0.5, 0.6) is 0 Å². The monoisotopic (exact) mass is 172 g/mol. The van der Waals surface area contributed by atoms with Crippen molar-refractivity contribution < 1.29 is 14.9 Å². The molecule has 0 spiro atoms. The van der Waals surface area contributed by atoms with Crippen LogP contribution in [-0.2, 0) is 4.74 Å². The fourth-order valence-electron chi connectivity index (χ4n) is 0.810. The fraction of sp³-hybridized carbons (Fsp3) is 0.556. The van der Waals surface area contributed by atoms with Crippen molar-refractivity contribution in [1.29, 1.82) is 0 Å². The molecular weight excluding hydrogens is 156 g/mol. The summed E-state index contributed by atoms with van der Waals surface area (Å²) in [7, 11) is 0. The van der Waals surface area contributed by atoms with E-state index >= 15 is 0 Å². The van der Waals surface area contributed by atoms with Crippen LogP contribution in [0.25, 0.3) is 0 Å². The van der Waals surface area contributed by atoms with Gasteiger partial charge >= 0.3 is 0 Å². The third-order valence-electron chi connectivity index (χ3n) is 1.44. The van der Waals surface area contributed by atoms with Crippen molar-refractivity contribution >= 4 is 0 Å². The van der Waals surface area contributed by atoms with E-state index in [-0.39, 0.29) is 12.7 Å². The lowest BCUT2D eigenvalue weighted by Gasteiger charge is -2.19. The van der Waals surface area contributed by atoms with E-state index in [1.807, 2.05) is 0 Å². The van der Waals surface area contributed by atoms with Gasteiger partial charge in [0.2, 0.25) is 0 Å². The Morgan fingerprint density at radius 2 is 2.00 bits per heavy atom. The topological polar surface area (TPSA) is 49.7 Å². The van der Waals surface area contributed by atoms with Crippen LogP contribution in [0.2, 0.25) is 0 Å². The second-order valence-electron chi connectivity index (χ2n) is 2.43. The lowest BCUT2D eigenvalue weighted by atomic mass is 10.1. The molecule has 0 aromatic carbocycles. The van der Waals surface area contributed by atoms with Crippen molar-refractivity contribution in [2.24, 2.45) is 0 Å². The molecule has 12 heavy (non-hydrogen) atoms. The first-order valence-corrected chi connectivity index (χ1v) is 3.88. The molecule has 0 saturated carbocycles. The zero-order valence-corrected chi connectivity index (χ0v) is 7.15. The molecule has 0 aliphatic carbocycles. The summed E-state index contributed by atoms with van der Waals surface area (Å²) in [6.07, 6.45) is 2.54. The first-order chi connectivity index (χ1) is 5.76. The molecule has 0 heterocycles. The maximum absolute atomic E-state index is 9.22. The van der Waals surface area contributed by atoms with Gasteiger partial charge in [-0.1, -0.05) is 12.2 Å². The molecule has 70 valence electrons. The lowest BCUT2D eigenvalue weighted by Crippen LogP contribution is -2.31. The van der Waals surface area contributed by atoms with Crippen LogP contribution in [0.15, 0.2) is 25.3 Å². The van der Waals surface area contributed by atoms with E-state index in [4.69, 9.17) is 9.84 Å². The van der Waals surface area contributed by atoms with Crippen molar-refractivity contribution in [2.45, 2.75) is 18.6 Å². The van der Waals surface area contributed by atoms with Gasteiger partial charge < -0.3 is 14.9 Å². The Morgan fingerprint density at radius 3 is 2.42 bits per heavy atom. The van der Waals surface area contributed by atoms with Crippen molar-refractivity contribution in [3.05, 3.63) is 25.3 Å². The highest BCUT2D eigenvalue weighted by molar-refractivity contribution is 4.79. The molecule has 3 heteroatoms. The number of ether oxygens (including phenoxy) is 1. The molecule has 0 bridgehead atoms. The normalized spacial score (nSPS) is 15.2. The fourth-order valence-corrected chi connectivity index (χ4v) is 0.810. The van der Waals surface area contributed by atoms with Gasteiger partial charge in [-0.2, -0.15) is 0 Å². The van der Waals surface area contributed by atoms with Crippen LogP contribution in [0.4, 0.5) is 0 Å². The Hall–Kier alpha value is -0.640. The van der Waals surface area contributed by atoms with E-state index in [0.29, 0.717) is 13.0 Å². The van der Waals surface area contributed by atoms with Crippen molar-refractivity contribution in [2.75, 3.05) is 13.2 Å². The minimum absolute atomic E-state index is 0.296. The Balaban J connectivity index is 3.83. The number of hydrogen-bond acceptors (Lipinski definition) is 3. The highest BCUT2D eigenvalue weighted by Crippen LogP contribution is 2.05. The molecule has 0 aliphatic rings. The predicted molar refractivity (Wildman–Crippen MR) is 47.8 cm³/mol. The molecular formula is C9H16O3. The molecule has 0 unspecified atom stereocenters. The summed E-state index contributed by atoms with van der Waals surface area (Å²) in [5.41, 5.74) is 0. The molecule has 2 N–H and O–H groups in total. The van der Waals surface area contributed by atoms with Gasteiger partial charge in [0.25, 0.3) is 0 Å². The van der Waals surface area contributed by atoms with Gasteiger partial charge in [0.1, 0.15) is 6.10 Å². The van der Waals surface area contributed by atoms with Crippen LogP contribution in [-0.4, -0.2) is 35.6 Å². The summed E-state index contributed by atoms with van der Waals surface area (Å²) in [5, 5.41) is 17.9. The summed E-state index contributed by atoms with van der Waals surface area (Å²) in [4.78, 5) is 0. The van der Waals surface area contributed by atoms with Crippen LogP contribution in [0, 0.1) is 0 Å². The molecule has 0 amide bonds. The molecule has 0 fully saturated rings. The van der Waals surface area contributed by atoms with Crippen molar-refractivity contribution in [3.63, 3.8) is 0 Å². The SMILES string of the molecule is C=CCO[C@H](CC=C)[C@@H](O)CO. The van der Waals surface area contributed by atoms with Gasteiger partial charge in [-0.3, -0.25) is 0 Å². The van der Waals surface area contributed by atoms with Gasteiger partial charge in [-0.25, -0.2) is 0 Å². The molecule has 0 radical (unpaired) electrons. The minimum atomic E-state index is -0.844. The molecule has 0 aromatic rings. The van der Waals surface area contributed by atoms with Crippen molar-refractivity contribution in [1.82, 2.24) is 0 Å². The Kier molecular flexibility index (Phi) is 6.66. The predicted octanol–water partition coefficient (Wildman–Crippen LogP) is 0.487. The van der Waals surface area contributed by atoms with Gasteiger partial charge in [-0.15, -0.1) is 13.2 Å². The summed E-state index contributed by atoms with van der Waals surface area (Å²) in [6.45, 7) is 7.08. The summed E-state index contributed by atoms with van der Waals surface area (Å²) in [5.74, 6) is 0. The second-order valence-corrected chi connectivity index (χ2v) is 2.43. The van der Waals surface area contributed by atoms with Gasteiger partial charge in [-0.05, 0) is 6.42 Å². The quantitative estimate of drug-likeness (QED) is 0.549. The number of rotatable bonds is 7. The minimum Gasteiger partial charge on any atom is -0.394 e. The van der Waals surface area contributed by atoms with E-state index < -0.39 is 6.10 Å². The average Bonchev–Trinajstić information content (AvgIpc) is 2.11. The van der Waals surface area contributed by atoms with E-state index in [1.165, 1.54) is 0 Å². The molecule has 3 nitrogen and oxygen atoms in total. The Bertz CT molecular complexity index is 134. The zero-order valence-electron chi connectivity index (χ0n) is 7.15. The van der Waals surface area contributed by atoms with Gasteiger partial charge in [0.15, 0.2) is 0 Å². The van der Waals surface area contributed by atoms with Crippen LogP contribution < -0.4 is 0 Å². The van der Waals surface area contributed by atoms with Crippen LogP contribution in [0.3, 0.4) is 0 Å². The summed E-state index contributed by atoms with van der Waals surface area (Å²) >= 11 is 0. The van der Waals surface area contributed by atoms with E-state index in [2.05, 4.69) is 13.2 Å². The average molecular weight is 172 g/mol. The molecule has 2 atom stereocenters. The molecule has 0 aliphatic heterocycles. The smallest absolute Gasteiger partial charge is 0.103 e. The first kappa shape index (κ1) is 11.4. The van der Waals surface area contributed by atoms with E-state index in [0.717, 1.165) is 0 Å². The van der Waals surface area contributed by atoms with Crippen LogP contribution >= 0.6 is 0 Å². The third kappa shape index (κ3) is 4.28. The zero-order chi connectivity index (χ0) is 9.40. The largest absolute Gasteiger partial charge is 0.394 e. The number of aliphatic hydroxyl groups excluding tert-OH is 2. The first-order valence-electron chi connectivity index (χ1n) is 3.88. The number of aliphatic hydroxyl groups is 2. The Morgan fingerprint density at radius 1 is 1.33 bits per heavy atom. The van der Waals surface area contributed by atoms with E-state index in [1.54, 1.807) is 12.2 Å². The second kappa shape index (κ2) is 7.03. The standard InChI is InChI=1S/C9H16O3/c1-3-5-9(8(11)7-10)12-6-4-2/h3-4,8-11H,1-2,5-7H2/t8-,9+/m0/s1. The lowest BCUT2D eigenvalue weighted by molar-refractivity contribution is -0.0470. The summed E-state index contributed by atoms with van der Waals surface area (Å²) < 4.78 is 5.19. The van der Waals surface area contributed by atoms with Gasteiger partial charge in [0, 0.05) is 0 Å². The van der Waals surface area contributed by atoms with Crippen molar-refractivity contribution in [3.8, 4) is 0 Å². The maximum atomic E-state index is 9.22. The molecule has 0 saturated heterocycles. The maximum Gasteiger partial charge on any atom is 0.103 e. The molecule has 0 rings (SSSR count). The highest BCUT2D eigenvalue weighted by atomic mass is 16.5. The molecule has 0 aromatic heterocycles. The third-order valence-corrected chi connectivity index (χ3v) is 1.44.